The number of thioether (sulfide) groups is 1. The van der Waals surface area contributed by atoms with Crippen LogP contribution in [0, 0.1) is 0 Å². The van der Waals surface area contributed by atoms with Crippen LogP contribution in [0.2, 0.25) is 0 Å². The zero-order chi connectivity index (χ0) is 16.2. The van der Waals surface area contributed by atoms with Gasteiger partial charge in [-0.1, -0.05) is 19.0 Å². The Morgan fingerprint density at radius 2 is 2.05 bits per heavy atom. The molecule has 0 radical (unpaired) electrons. The normalized spacial score (nSPS) is 17.4. The summed E-state index contributed by atoms with van der Waals surface area (Å²) in [5, 5.41) is 16.1. The fraction of sp³-hybridized carbons (Fsp3) is 0.667. The van der Waals surface area contributed by atoms with E-state index in [0.717, 1.165) is 30.0 Å². The Hall–Kier alpha value is -1.50. The van der Waals surface area contributed by atoms with Crippen molar-refractivity contribution in [1.82, 2.24) is 10.5 Å². The maximum Gasteiger partial charge on any atom is 0.329 e. The lowest BCUT2D eigenvalue weighted by Gasteiger charge is -2.33. The van der Waals surface area contributed by atoms with Crippen LogP contribution in [0.3, 0.4) is 0 Å². The van der Waals surface area contributed by atoms with Gasteiger partial charge in [-0.15, -0.1) is 0 Å². The molecule has 1 saturated heterocycles. The highest BCUT2D eigenvalue weighted by molar-refractivity contribution is 7.99. The van der Waals surface area contributed by atoms with Gasteiger partial charge < -0.3 is 14.9 Å². The van der Waals surface area contributed by atoms with Crippen LogP contribution in [0.25, 0.3) is 0 Å². The van der Waals surface area contributed by atoms with Crippen molar-refractivity contribution in [2.75, 3.05) is 11.5 Å². The zero-order valence-electron chi connectivity index (χ0n) is 12.9. The third-order valence-corrected chi connectivity index (χ3v) is 5.25. The first-order chi connectivity index (χ1) is 10.5. The van der Waals surface area contributed by atoms with Crippen LogP contribution in [0.4, 0.5) is 0 Å². The van der Waals surface area contributed by atoms with Crippen molar-refractivity contribution in [3.8, 4) is 0 Å². The predicted octanol–water partition coefficient (Wildman–Crippen LogP) is 2.66. The van der Waals surface area contributed by atoms with E-state index in [4.69, 9.17) is 4.52 Å². The summed E-state index contributed by atoms with van der Waals surface area (Å²) in [5.41, 5.74) is -0.441. The number of carboxylic acids is 1. The molecule has 2 rings (SSSR count). The van der Waals surface area contributed by atoms with E-state index in [0.29, 0.717) is 12.8 Å². The van der Waals surface area contributed by atoms with Gasteiger partial charge in [-0.05, 0) is 37.2 Å². The number of aliphatic carboxylic acids is 1. The van der Waals surface area contributed by atoms with Crippen LogP contribution in [-0.4, -0.2) is 39.2 Å². The number of aromatic nitrogens is 1. The number of nitrogens with zero attached hydrogens (tertiary/aromatic N) is 1. The average molecular weight is 326 g/mol. The topological polar surface area (TPSA) is 92.4 Å². The van der Waals surface area contributed by atoms with Gasteiger partial charge in [-0.3, -0.25) is 4.79 Å². The molecule has 1 aromatic rings. The van der Waals surface area contributed by atoms with E-state index in [2.05, 4.69) is 24.3 Å². The van der Waals surface area contributed by atoms with Gasteiger partial charge in [0.2, 0.25) is 5.76 Å². The van der Waals surface area contributed by atoms with Crippen LogP contribution in [0.15, 0.2) is 10.6 Å². The number of nitrogens with one attached hydrogen (secondary N) is 1. The first kappa shape index (κ1) is 16.9. The summed E-state index contributed by atoms with van der Waals surface area (Å²) in [7, 11) is 0. The second kappa shape index (κ2) is 7.17. The predicted molar refractivity (Wildman–Crippen MR) is 84.2 cm³/mol. The minimum absolute atomic E-state index is 0.0840. The number of hydrogen-bond acceptors (Lipinski definition) is 5. The molecule has 0 unspecified atom stereocenters. The summed E-state index contributed by atoms with van der Waals surface area (Å²) in [6, 6.07) is 1.63. The quantitative estimate of drug-likeness (QED) is 0.835. The molecule has 22 heavy (non-hydrogen) atoms. The zero-order valence-corrected chi connectivity index (χ0v) is 13.7. The van der Waals surface area contributed by atoms with Gasteiger partial charge in [0.1, 0.15) is 5.54 Å². The van der Waals surface area contributed by atoms with Crippen molar-refractivity contribution in [3.63, 3.8) is 0 Å². The number of carbonyl (C=O) groups excluding carboxylic acids is 1. The average Bonchev–Trinajstić information content (AvgIpc) is 2.99. The molecular weight excluding hydrogens is 304 g/mol. The molecular formula is C15H22N2O4S. The summed E-state index contributed by atoms with van der Waals surface area (Å²) >= 11 is 1.70. The van der Waals surface area contributed by atoms with Crippen molar-refractivity contribution in [2.24, 2.45) is 0 Å². The van der Waals surface area contributed by atoms with Gasteiger partial charge in [0.25, 0.3) is 5.91 Å². The maximum atomic E-state index is 12.3. The molecule has 122 valence electrons. The maximum absolute atomic E-state index is 12.3. The molecule has 1 aromatic heterocycles. The van der Waals surface area contributed by atoms with Gasteiger partial charge in [-0.25, -0.2) is 4.79 Å². The van der Waals surface area contributed by atoms with Gasteiger partial charge in [-0.2, -0.15) is 11.8 Å². The van der Waals surface area contributed by atoms with Crippen LogP contribution < -0.4 is 5.32 Å². The lowest BCUT2D eigenvalue weighted by Crippen LogP contribution is -2.56. The molecule has 0 atom stereocenters. The van der Waals surface area contributed by atoms with Crippen LogP contribution in [0.1, 0.15) is 61.7 Å². The van der Waals surface area contributed by atoms with Gasteiger partial charge in [0, 0.05) is 12.0 Å². The second-order valence-corrected chi connectivity index (χ2v) is 6.81. The van der Waals surface area contributed by atoms with Crippen molar-refractivity contribution in [2.45, 2.75) is 51.0 Å². The van der Waals surface area contributed by atoms with E-state index >= 15 is 0 Å². The van der Waals surface area contributed by atoms with E-state index < -0.39 is 17.4 Å². The van der Waals surface area contributed by atoms with Gasteiger partial charge in [0.15, 0.2) is 0 Å². The van der Waals surface area contributed by atoms with E-state index in [1.165, 1.54) is 0 Å². The van der Waals surface area contributed by atoms with Crippen molar-refractivity contribution >= 4 is 23.6 Å². The van der Waals surface area contributed by atoms with Crippen LogP contribution in [0.5, 0.6) is 0 Å². The number of rotatable bonds is 6. The number of carboxylic acid groups (broad SMARTS) is 1. The SMILES string of the molecule is CCC(CC)c1cc(C(=O)NC2(C(=O)O)CCSCC2)on1. The number of carbonyl (C=O) groups is 2. The molecule has 2 heterocycles. The number of hydrogen-bond donors (Lipinski definition) is 2. The Morgan fingerprint density at radius 1 is 1.41 bits per heavy atom. The summed E-state index contributed by atoms with van der Waals surface area (Å²) in [5.74, 6) is 0.301. The summed E-state index contributed by atoms with van der Waals surface area (Å²) in [6.45, 7) is 4.11. The lowest BCUT2D eigenvalue weighted by atomic mass is 9.92. The summed E-state index contributed by atoms with van der Waals surface area (Å²) in [4.78, 5) is 23.9. The minimum atomic E-state index is -1.19. The molecule has 0 spiro atoms. The first-order valence-electron chi connectivity index (χ1n) is 7.62. The molecule has 1 aliphatic heterocycles. The Balaban J connectivity index is 2.12. The van der Waals surface area contributed by atoms with Gasteiger partial charge >= 0.3 is 5.97 Å². The second-order valence-electron chi connectivity index (χ2n) is 5.58. The Morgan fingerprint density at radius 3 is 2.59 bits per heavy atom. The molecule has 1 fully saturated rings. The smallest absolute Gasteiger partial charge is 0.329 e. The first-order valence-corrected chi connectivity index (χ1v) is 8.78. The molecule has 0 bridgehead atoms. The van der Waals surface area contributed by atoms with Gasteiger partial charge in [0.05, 0.1) is 5.69 Å². The third-order valence-electron chi connectivity index (χ3n) is 4.26. The highest BCUT2D eigenvalue weighted by Crippen LogP contribution is 2.28. The van der Waals surface area contributed by atoms with E-state index in [-0.39, 0.29) is 11.7 Å². The van der Waals surface area contributed by atoms with Crippen LogP contribution in [-0.2, 0) is 4.79 Å². The molecule has 1 amide bonds. The Labute approximate surface area is 134 Å². The van der Waals surface area contributed by atoms with Crippen LogP contribution >= 0.6 is 11.8 Å². The minimum Gasteiger partial charge on any atom is -0.480 e. The molecule has 6 nitrogen and oxygen atoms in total. The highest BCUT2D eigenvalue weighted by atomic mass is 32.2. The third kappa shape index (κ3) is 3.45. The fourth-order valence-corrected chi connectivity index (χ4v) is 3.88. The molecule has 0 aliphatic carbocycles. The monoisotopic (exact) mass is 326 g/mol. The van der Waals surface area contributed by atoms with E-state index in [1.807, 2.05) is 0 Å². The van der Waals surface area contributed by atoms with Crippen molar-refractivity contribution in [1.29, 1.82) is 0 Å². The molecule has 2 N–H and O–H groups in total. The standard InChI is InChI=1S/C15H22N2O4S/c1-3-10(4-2)11-9-12(21-17-11)13(18)16-15(14(19)20)5-7-22-8-6-15/h9-10H,3-8H2,1-2H3,(H,16,18)(H,19,20). The molecule has 0 saturated carbocycles. The molecule has 1 aliphatic rings. The Bertz CT molecular complexity index is 533. The summed E-state index contributed by atoms with van der Waals surface area (Å²) < 4.78 is 5.12. The fourth-order valence-electron chi connectivity index (χ4n) is 2.69. The molecule has 0 aromatic carbocycles. The highest BCUT2D eigenvalue weighted by Gasteiger charge is 2.42. The lowest BCUT2D eigenvalue weighted by molar-refractivity contribution is -0.144. The van der Waals surface area contributed by atoms with E-state index in [1.54, 1.807) is 17.8 Å². The van der Waals surface area contributed by atoms with Crippen molar-refractivity contribution in [3.05, 3.63) is 17.5 Å². The van der Waals surface area contributed by atoms with Crippen molar-refractivity contribution < 1.29 is 19.2 Å². The molecule has 7 heteroatoms. The summed E-state index contributed by atoms with van der Waals surface area (Å²) in [6.07, 6.45) is 2.68. The Kier molecular flexibility index (Phi) is 5.50. The number of amides is 1. The van der Waals surface area contributed by atoms with E-state index in [9.17, 15) is 14.7 Å². The largest absolute Gasteiger partial charge is 0.480 e.